The van der Waals surface area contributed by atoms with Crippen LogP contribution in [0.5, 0.6) is 0 Å². The standard InChI is InChI=1S/C8H11NOS.C3H8/c1-3-4-5-9-7(2)11-6-8(9)10;1-3-2/h3-4H,2,5-6H2,1H3;3H2,1-2H3/b4-3-;. The number of carbonyl (C=O) groups is 1. The summed E-state index contributed by atoms with van der Waals surface area (Å²) in [5, 5.41) is 0.869. The molecule has 0 aliphatic carbocycles. The molecule has 0 aromatic rings. The third-order valence-electron chi connectivity index (χ3n) is 1.49. The maximum Gasteiger partial charge on any atom is 0.238 e. The normalized spacial score (nSPS) is 16.1. The molecule has 0 saturated carbocycles. The van der Waals surface area contributed by atoms with Gasteiger partial charge in [-0.05, 0) is 6.92 Å². The van der Waals surface area contributed by atoms with E-state index in [4.69, 9.17) is 0 Å². The van der Waals surface area contributed by atoms with E-state index in [1.165, 1.54) is 18.2 Å². The van der Waals surface area contributed by atoms with Crippen LogP contribution in [0.3, 0.4) is 0 Å². The zero-order valence-corrected chi connectivity index (χ0v) is 10.1. The highest BCUT2D eigenvalue weighted by molar-refractivity contribution is 8.04. The summed E-state index contributed by atoms with van der Waals surface area (Å²) in [4.78, 5) is 12.8. The van der Waals surface area contributed by atoms with Gasteiger partial charge in [0.2, 0.25) is 5.91 Å². The third kappa shape index (κ3) is 4.51. The second kappa shape index (κ2) is 7.68. The number of hydrogen-bond donors (Lipinski definition) is 0. The van der Waals surface area contributed by atoms with Crippen molar-refractivity contribution < 1.29 is 4.79 Å². The minimum absolute atomic E-state index is 0.165. The summed E-state index contributed by atoms with van der Waals surface area (Å²) in [5.41, 5.74) is 0. The van der Waals surface area contributed by atoms with Gasteiger partial charge in [0.1, 0.15) is 0 Å². The number of carbonyl (C=O) groups excluding carboxylic acids is 1. The van der Waals surface area contributed by atoms with Gasteiger partial charge in [0.15, 0.2) is 0 Å². The van der Waals surface area contributed by atoms with Crippen LogP contribution < -0.4 is 0 Å². The largest absolute Gasteiger partial charge is 0.303 e. The maximum atomic E-state index is 11.1. The highest BCUT2D eigenvalue weighted by Crippen LogP contribution is 2.26. The highest BCUT2D eigenvalue weighted by atomic mass is 32.2. The summed E-state index contributed by atoms with van der Waals surface area (Å²) in [6.45, 7) is 10.6. The zero-order chi connectivity index (χ0) is 11.0. The molecule has 0 atom stereocenters. The molecular weight excluding hydrogens is 194 g/mol. The Labute approximate surface area is 91.1 Å². The molecule has 3 heteroatoms. The first kappa shape index (κ1) is 13.3. The van der Waals surface area contributed by atoms with Crippen molar-refractivity contribution >= 4 is 17.7 Å². The van der Waals surface area contributed by atoms with Gasteiger partial charge in [0, 0.05) is 6.54 Å². The van der Waals surface area contributed by atoms with Crippen LogP contribution in [-0.2, 0) is 4.79 Å². The number of allylic oxidation sites excluding steroid dienone is 1. The van der Waals surface area contributed by atoms with Crippen LogP contribution in [-0.4, -0.2) is 23.1 Å². The molecule has 1 fully saturated rings. The predicted octanol–water partition coefficient (Wildman–Crippen LogP) is 3.03. The Morgan fingerprint density at radius 2 is 2.14 bits per heavy atom. The Morgan fingerprint density at radius 3 is 2.50 bits per heavy atom. The summed E-state index contributed by atoms with van der Waals surface area (Å²) in [6.07, 6.45) is 5.14. The van der Waals surface area contributed by atoms with Crippen LogP contribution in [0.15, 0.2) is 23.8 Å². The summed E-state index contributed by atoms with van der Waals surface area (Å²) >= 11 is 1.51. The molecule has 0 aromatic heterocycles. The summed E-state index contributed by atoms with van der Waals surface area (Å²) < 4.78 is 0. The first-order valence-corrected chi connectivity index (χ1v) is 5.89. The highest BCUT2D eigenvalue weighted by Gasteiger charge is 2.23. The molecule has 1 aliphatic heterocycles. The molecule has 1 rings (SSSR count). The van der Waals surface area contributed by atoms with E-state index >= 15 is 0 Å². The van der Waals surface area contributed by atoms with Gasteiger partial charge in [0.05, 0.1) is 10.8 Å². The number of nitrogens with zero attached hydrogens (tertiary/aromatic N) is 1. The maximum absolute atomic E-state index is 11.1. The molecule has 0 radical (unpaired) electrons. The number of amides is 1. The first-order chi connectivity index (χ1) is 6.67. The van der Waals surface area contributed by atoms with Gasteiger partial charge in [-0.3, -0.25) is 4.79 Å². The van der Waals surface area contributed by atoms with Gasteiger partial charge in [-0.25, -0.2) is 0 Å². The van der Waals surface area contributed by atoms with Gasteiger partial charge < -0.3 is 4.90 Å². The van der Waals surface area contributed by atoms with E-state index in [-0.39, 0.29) is 5.91 Å². The number of hydrogen-bond acceptors (Lipinski definition) is 2. The van der Waals surface area contributed by atoms with Crippen molar-refractivity contribution in [2.75, 3.05) is 12.3 Å². The Hall–Kier alpha value is -0.700. The topological polar surface area (TPSA) is 20.3 Å². The van der Waals surface area contributed by atoms with Crippen molar-refractivity contribution in [3.63, 3.8) is 0 Å². The molecule has 0 bridgehead atoms. The average molecular weight is 213 g/mol. The fraction of sp³-hybridized carbons (Fsp3) is 0.545. The van der Waals surface area contributed by atoms with Crippen LogP contribution in [0, 0.1) is 0 Å². The van der Waals surface area contributed by atoms with Crippen LogP contribution in [0.1, 0.15) is 27.2 Å². The number of rotatable bonds is 2. The minimum atomic E-state index is 0.165. The third-order valence-corrected chi connectivity index (χ3v) is 2.43. The van der Waals surface area contributed by atoms with Gasteiger partial charge in [-0.1, -0.05) is 50.8 Å². The molecule has 2 nitrogen and oxygen atoms in total. The van der Waals surface area contributed by atoms with E-state index < -0.39 is 0 Å². The van der Waals surface area contributed by atoms with E-state index in [1.54, 1.807) is 4.90 Å². The Kier molecular flexibility index (Phi) is 7.30. The van der Waals surface area contributed by atoms with Crippen molar-refractivity contribution in [1.29, 1.82) is 0 Å². The van der Waals surface area contributed by atoms with Crippen molar-refractivity contribution in [3.05, 3.63) is 23.8 Å². The van der Waals surface area contributed by atoms with Crippen LogP contribution in [0.2, 0.25) is 0 Å². The van der Waals surface area contributed by atoms with E-state index in [0.717, 1.165) is 5.03 Å². The Morgan fingerprint density at radius 1 is 1.57 bits per heavy atom. The molecule has 1 amide bonds. The fourth-order valence-electron chi connectivity index (χ4n) is 0.854. The second-order valence-corrected chi connectivity index (χ2v) is 4.01. The lowest BCUT2D eigenvalue weighted by atomic mass is 10.4. The van der Waals surface area contributed by atoms with Gasteiger partial charge in [0.25, 0.3) is 0 Å². The Bertz CT molecular complexity index is 207. The summed E-state index contributed by atoms with van der Waals surface area (Å²) in [5.74, 6) is 0.717. The van der Waals surface area contributed by atoms with Crippen LogP contribution in [0.4, 0.5) is 0 Å². The van der Waals surface area contributed by atoms with E-state index in [0.29, 0.717) is 12.3 Å². The lowest BCUT2D eigenvalue weighted by molar-refractivity contribution is -0.124. The average Bonchev–Trinajstić information content (AvgIpc) is 2.45. The monoisotopic (exact) mass is 213 g/mol. The van der Waals surface area contributed by atoms with Crippen molar-refractivity contribution in [2.24, 2.45) is 0 Å². The summed E-state index contributed by atoms with van der Waals surface area (Å²) in [7, 11) is 0. The van der Waals surface area contributed by atoms with Gasteiger partial charge in [-0.2, -0.15) is 0 Å². The smallest absolute Gasteiger partial charge is 0.238 e. The fourth-order valence-corrected chi connectivity index (χ4v) is 1.63. The molecule has 0 spiro atoms. The van der Waals surface area contributed by atoms with Crippen LogP contribution in [0.25, 0.3) is 0 Å². The molecule has 1 aliphatic rings. The van der Waals surface area contributed by atoms with E-state index in [1.807, 2.05) is 19.1 Å². The van der Waals surface area contributed by atoms with Crippen molar-refractivity contribution in [2.45, 2.75) is 27.2 Å². The minimum Gasteiger partial charge on any atom is -0.303 e. The molecule has 14 heavy (non-hydrogen) atoms. The summed E-state index contributed by atoms with van der Waals surface area (Å²) in [6, 6.07) is 0. The quantitative estimate of drug-likeness (QED) is 0.657. The molecular formula is C11H19NOS. The van der Waals surface area contributed by atoms with Crippen molar-refractivity contribution in [3.8, 4) is 0 Å². The van der Waals surface area contributed by atoms with Gasteiger partial charge in [-0.15, -0.1) is 0 Å². The first-order valence-electron chi connectivity index (χ1n) is 4.90. The van der Waals surface area contributed by atoms with E-state index in [2.05, 4.69) is 20.4 Å². The van der Waals surface area contributed by atoms with Crippen LogP contribution >= 0.6 is 11.8 Å². The molecule has 1 heterocycles. The molecule has 1 saturated heterocycles. The van der Waals surface area contributed by atoms with E-state index in [9.17, 15) is 4.79 Å². The number of thioether (sulfide) groups is 1. The predicted molar refractivity (Wildman–Crippen MR) is 64.1 cm³/mol. The van der Waals surface area contributed by atoms with Gasteiger partial charge >= 0.3 is 0 Å². The molecule has 0 aromatic carbocycles. The lowest BCUT2D eigenvalue weighted by Crippen LogP contribution is -2.23. The molecule has 0 N–H and O–H groups in total. The Balaban J connectivity index is 0.000000500. The SMILES string of the molecule is C=C1SCC(=O)N1C/C=C\C.CCC. The second-order valence-electron chi connectivity index (χ2n) is 2.96. The van der Waals surface area contributed by atoms with Crippen molar-refractivity contribution in [1.82, 2.24) is 4.90 Å². The molecule has 80 valence electrons. The zero-order valence-electron chi connectivity index (χ0n) is 9.25. The lowest BCUT2D eigenvalue weighted by Gasteiger charge is -2.12. The molecule has 0 unspecified atom stereocenters.